The van der Waals surface area contributed by atoms with Crippen LogP contribution in [0.1, 0.15) is 15.9 Å². The van der Waals surface area contributed by atoms with E-state index in [9.17, 15) is 9.59 Å². The van der Waals surface area contributed by atoms with E-state index in [1.165, 1.54) is 0 Å². The van der Waals surface area contributed by atoms with Gasteiger partial charge < -0.3 is 9.47 Å². The Morgan fingerprint density at radius 3 is 2.58 bits per heavy atom. The van der Waals surface area contributed by atoms with E-state index in [1.54, 1.807) is 36.4 Å². The van der Waals surface area contributed by atoms with Crippen LogP contribution in [0.4, 0.5) is 0 Å². The van der Waals surface area contributed by atoms with E-state index in [4.69, 9.17) is 32.7 Å². The summed E-state index contributed by atoms with van der Waals surface area (Å²) in [5.41, 5.74) is 5.62. The summed E-state index contributed by atoms with van der Waals surface area (Å²) in [4.78, 5) is 24.0. The van der Waals surface area contributed by atoms with Crippen LogP contribution in [-0.4, -0.2) is 18.6 Å². The van der Waals surface area contributed by atoms with Crippen LogP contribution in [0.3, 0.4) is 0 Å². The minimum atomic E-state index is -0.469. The minimum absolute atomic E-state index is 0.0113. The molecule has 124 valence electrons. The number of amides is 2. The summed E-state index contributed by atoms with van der Waals surface area (Å²) in [6.45, 7) is 0.124. The Bertz CT molecular complexity index is 811. The minimum Gasteiger partial charge on any atom is -0.454 e. The summed E-state index contributed by atoms with van der Waals surface area (Å²) in [6.07, 6.45) is 0.0113. The number of rotatable bonds is 3. The lowest BCUT2D eigenvalue weighted by Gasteiger charge is -2.09. The van der Waals surface area contributed by atoms with E-state index >= 15 is 0 Å². The Hall–Kier alpha value is -2.44. The second-order valence-corrected chi connectivity index (χ2v) is 5.83. The molecule has 0 fully saturated rings. The smallest absolute Gasteiger partial charge is 0.269 e. The number of halogens is 2. The van der Waals surface area contributed by atoms with Crippen molar-refractivity contribution < 1.29 is 19.1 Å². The highest BCUT2D eigenvalue weighted by Gasteiger charge is 2.16. The van der Waals surface area contributed by atoms with Crippen LogP contribution >= 0.6 is 23.2 Å². The first kappa shape index (κ1) is 16.4. The summed E-state index contributed by atoms with van der Waals surface area (Å²) in [6, 6.07) is 9.60. The fraction of sp³-hybridized carbons (Fsp3) is 0.125. The molecule has 6 nitrogen and oxygen atoms in total. The van der Waals surface area contributed by atoms with Crippen molar-refractivity contribution in [3.05, 3.63) is 57.6 Å². The van der Waals surface area contributed by atoms with Crippen LogP contribution in [0.15, 0.2) is 36.4 Å². The molecule has 8 heteroatoms. The van der Waals surface area contributed by atoms with Crippen molar-refractivity contribution in [2.75, 3.05) is 6.79 Å². The molecule has 1 heterocycles. The molecule has 0 saturated heterocycles. The van der Waals surface area contributed by atoms with E-state index < -0.39 is 11.8 Å². The van der Waals surface area contributed by atoms with Gasteiger partial charge in [-0.05, 0) is 35.9 Å². The molecule has 0 spiro atoms. The van der Waals surface area contributed by atoms with Gasteiger partial charge >= 0.3 is 0 Å². The number of carbonyl (C=O) groups is 2. The zero-order valence-corrected chi connectivity index (χ0v) is 13.8. The second kappa shape index (κ2) is 6.98. The van der Waals surface area contributed by atoms with E-state index in [1.807, 2.05) is 0 Å². The standard InChI is InChI=1S/C16H12Cl2N2O4/c17-11-3-1-9(12(18)7-11)6-15(21)19-20-16(22)10-2-4-13-14(5-10)24-8-23-13/h1-5,7H,6,8H2,(H,19,21)(H,20,22). The van der Waals surface area contributed by atoms with Gasteiger partial charge in [-0.25, -0.2) is 0 Å². The first-order valence-electron chi connectivity index (χ1n) is 6.95. The lowest BCUT2D eigenvalue weighted by atomic mass is 10.1. The van der Waals surface area contributed by atoms with Gasteiger partial charge in [-0.1, -0.05) is 29.3 Å². The molecule has 3 rings (SSSR count). The van der Waals surface area contributed by atoms with Crippen molar-refractivity contribution in [3.8, 4) is 11.5 Å². The highest BCUT2D eigenvalue weighted by molar-refractivity contribution is 6.35. The van der Waals surface area contributed by atoms with Crippen LogP contribution < -0.4 is 20.3 Å². The van der Waals surface area contributed by atoms with Gasteiger partial charge in [-0.3, -0.25) is 20.4 Å². The lowest BCUT2D eigenvalue weighted by molar-refractivity contribution is -0.121. The molecule has 1 aliphatic rings. The van der Waals surface area contributed by atoms with E-state index in [0.29, 0.717) is 32.7 Å². The van der Waals surface area contributed by atoms with E-state index in [2.05, 4.69) is 10.9 Å². The molecule has 2 aromatic rings. The zero-order chi connectivity index (χ0) is 17.1. The molecule has 1 aliphatic heterocycles. The SMILES string of the molecule is O=C(Cc1ccc(Cl)cc1Cl)NNC(=O)c1ccc2c(c1)OCO2. The quantitative estimate of drug-likeness (QED) is 0.818. The fourth-order valence-electron chi connectivity index (χ4n) is 2.12. The van der Waals surface area contributed by atoms with Crippen LogP contribution in [0.5, 0.6) is 11.5 Å². The fourth-order valence-corrected chi connectivity index (χ4v) is 2.59. The first-order valence-corrected chi connectivity index (χ1v) is 7.71. The van der Waals surface area contributed by atoms with Gasteiger partial charge in [0, 0.05) is 15.6 Å². The number of ether oxygens (including phenoxy) is 2. The number of benzene rings is 2. The molecular formula is C16H12Cl2N2O4. The molecule has 2 N–H and O–H groups in total. The molecular weight excluding hydrogens is 355 g/mol. The summed E-state index contributed by atoms with van der Waals surface area (Å²) in [7, 11) is 0. The average Bonchev–Trinajstić information content (AvgIpc) is 3.03. The number of fused-ring (bicyclic) bond motifs is 1. The van der Waals surface area contributed by atoms with Crippen molar-refractivity contribution in [2.24, 2.45) is 0 Å². The Balaban J connectivity index is 1.57. The molecule has 0 aromatic heterocycles. The zero-order valence-electron chi connectivity index (χ0n) is 12.3. The number of carbonyl (C=O) groups excluding carboxylic acids is 2. The molecule has 0 atom stereocenters. The Morgan fingerprint density at radius 1 is 1.00 bits per heavy atom. The monoisotopic (exact) mass is 366 g/mol. The molecule has 0 aliphatic carbocycles. The van der Waals surface area contributed by atoms with Crippen LogP contribution in [0.25, 0.3) is 0 Å². The van der Waals surface area contributed by atoms with E-state index in [-0.39, 0.29) is 13.2 Å². The molecule has 24 heavy (non-hydrogen) atoms. The third-order valence-electron chi connectivity index (χ3n) is 3.32. The Labute approximate surface area is 147 Å². The van der Waals surface area contributed by atoms with Crippen LogP contribution in [-0.2, 0) is 11.2 Å². The number of hydrogen-bond acceptors (Lipinski definition) is 4. The largest absolute Gasteiger partial charge is 0.454 e. The number of hydrogen-bond donors (Lipinski definition) is 2. The van der Waals surface area contributed by atoms with Gasteiger partial charge in [0.2, 0.25) is 12.7 Å². The lowest BCUT2D eigenvalue weighted by Crippen LogP contribution is -2.42. The highest BCUT2D eigenvalue weighted by atomic mass is 35.5. The Kier molecular flexibility index (Phi) is 4.78. The van der Waals surface area contributed by atoms with Gasteiger partial charge in [-0.2, -0.15) is 0 Å². The molecule has 2 amide bonds. The normalized spacial score (nSPS) is 11.9. The van der Waals surface area contributed by atoms with Gasteiger partial charge in [0.25, 0.3) is 5.91 Å². The first-order chi connectivity index (χ1) is 11.5. The predicted octanol–water partition coefficient (Wildman–Crippen LogP) is 2.73. The van der Waals surface area contributed by atoms with Crippen LogP contribution in [0, 0.1) is 0 Å². The summed E-state index contributed by atoms with van der Waals surface area (Å²) < 4.78 is 10.4. The number of hydrazine groups is 1. The Morgan fingerprint density at radius 2 is 1.79 bits per heavy atom. The highest BCUT2D eigenvalue weighted by Crippen LogP contribution is 2.32. The third-order valence-corrected chi connectivity index (χ3v) is 3.90. The average molecular weight is 367 g/mol. The van der Waals surface area contributed by atoms with Crippen LogP contribution in [0.2, 0.25) is 10.0 Å². The molecule has 0 bridgehead atoms. The maximum atomic E-state index is 12.0. The van der Waals surface area contributed by atoms with Gasteiger partial charge in [0.15, 0.2) is 11.5 Å². The summed E-state index contributed by atoms with van der Waals surface area (Å²) in [5, 5.41) is 0.875. The van der Waals surface area contributed by atoms with Crippen molar-refractivity contribution >= 4 is 35.0 Å². The maximum Gasteiger partial charge on any atom is 0.269 e. The second-order valence-electron chi connectivity index (χ2n) is 4.98. The molecule has 0 unspecified atom stereocenters. The van der Waals surface area contributed by atoms with E-state index in [0.717, 1.165) is 0 Å². The van der Waals surface area contributed by atoms with Crippen molar-refractivity contribution in [1.82, 2.24) is 10.9 Å². The predicted molar refractivity (Wildman–Crippen MR) is 88.3 cm³/mol. The van der Waals surface area contributed by atoms with Crippen molar-refractivity contribution in [1.29, 1.82) is 0 Å². The number of nitrogens with one attached hydrogen (secondary N) is 2. The summed E-state index contributed by atoms with van der Waals surface area (Å²) >= 11 is 11.8. The van der Waals surface area contributed by atoms with Gasteiger partial charge in [0.1, 0.15) is 0 Å². The third kappa shape index (κ3) is 3.72. The topological polar surface area (TPSA) is 76.7 Å². The van der Waals surface area contributed by atoms with Gasteiger partial charge in [0.05, 0.1) is 6.42 Å². The molecule has 0 saturated carbocycles. The summed E-state index contributed by atoms with van der Waals surface area (Å²) in [5.74, 6) is 0.187. The molecule has 0 radical (unpaired) electrons. The maximum absolute atomic E-state index is 12.0. The van der Waals surface area contributed by atoms with Gasteiger partial charge in [-0.15, -0.1) is 0 Å². The molecule has 2 aromatic carbocycles. The van der Waals surface area contributed by atoms with Crippen molar-refractivity contribution in [3.63, 3.8) is 0 Å². The van der Waals surface area contributed by atoms with Crippen molar-refractivity contribution in [2.45, 2.75) is 6.42 Å².